The third-order valence-corrected chi connectivity index (χ3v) is 2.55. The van der Waals surface area contributed by atoms with Gasteiger partial charge in [-0.1, -0.05) is 6.07 Å². The number of hydrogen-bond donors (Lipinski definition) is 4. The average Bonchev–Trinajstić information content (AvgIpc) is 2.28. The second kappa shape index (κ2) is 6.44. The van der Waals surface area contributed by atoms with Crippen molar-refractivity contribution >= 4 is 5.97 Å². The molecule has 0 bridgehead atoms. The molecular weight excluding hydrogens is 243 g/mol. The summed E-state index contributed by atoms with van der Waals surface area (Å²) in [5, 5.41) is 36.7. The zero-order valence-electron chi connectivity index (χ0n) is 9.58. The van der Waals surface area contributed by atoms with Gasteiger partial charge in [0.1, 0.15) is 11.9 Å². The van der Waals surface area contributed by atoms with Crippen molar-refractivity contribution in [2.75, 3.05) is 6.61 Å². The highest BCUT2D eigenvalue weighted by atomic mass is 19.1. The lowest BCUT2D eigenvalue weighted by molar-refractivity contribution is -0.136. The van der Waals surface area contributed by atoms with Crippen LogP contribution >= 0.6 is 0 Å². The Morgan fingerprint density at radius 1 is 1.33 bits per heavy atom. The Labute approximate surface area is 103 Å². The van der Waals surface area contributed by atoms with Crippen LogP contribution in [-0.4, -0.2) is 39.1 Å². The minimum Gasteiger partial charge on any atom is -0.481 e. The van der Waals surface area contributed by atoms with Crippen molar-refractivity contribution in [2.45, 2.75) is 25.0 Å². The van der Waals surface area contributed by atoms with E-state index < -0.39 is 30.4 Å². The molecule has 0 aromatic heterocycles. The predicted molar refractivity (Wildman–Crippen MR) is 60.4 cm³/mol. The fraction of sp³-hybridized carbons (Fsp3) is 0.417. The zero-order chi connectivity index (χ0) is 13.7. The molecule has 0 aliphatic rings. The van der Waals surface area contributed by atoms with E-state index in [1.165, 1.54) is 6.07 Å². The van der Waals surface area contributed by atoms with Crippen molar-refractivity contribution in [3.8, 4) is 0 Å². The van der Waals surface area contributed by atoms with Crippen LogP contribution in [0.2, 0.25) is 0 Å². The van der Waals surface area contributed by atoms with Gasteiger partial charge in [-0.2, -0.15) is 0 Å². The summed E-state index contributed by atoms with van der Waals surface area (Å²) in [6.07, 6.45) is -3.08. The van der Waals surface area contributed by atoms with E-state index in [-0.39, 0.29) is 24.2 Å². The number of hydrogen-bond acceptors (Lipinski definition) is 4. The van der Waals surface area contributed by atoms with Crippen LogP contribution in [0.5, 0.6) is 0 Å². The smallest absolute Gasteiger partial charge is 0.307 e. The molecule has 0 aliphatic heterocycles. The van der Waals surface area contributed by atoms with E-state index in [9.17, 15) is 19.4 Å². The van der Waals surface area contributed by atoms with Crippen LogP contribution in [0.15, 0.2) is 18.2 Å². The lowest BCUT2D eigenvalue weighted by Crippen LogP contribution is -2.21. The van der Waals surface area contributed by atoms with Gasteiger partial charge in [0.15, 0.2) is 0 Å². The van der Waals surface area contributed by atoms with Crippen molar-refractivity contribution in [3.63, 3.8) is 0 Å². The Morgan fingerprint density at radius 2 is 2.00 bits per heavy atom. The number of aliphatic hydroxyl groups excluding tert-OH is 3. The fourth-order valence-corrected chi connectivity index (χ4v) is 1.68. The highest BCUT2D eigenvalue weighted by Gasteiger charge is 2.21. The van der Waals surface area contributed by atoms with E-state index in [0.717, 1.165) is 12.1 Å². The van der Waals surface area contributed by atoms with Gasteiger partial charge in [0.2, 0.25) is 0 Å². The second-order valence-corrected chi connectivity index (χ2v) is 3.94. The summed E-state index contributed by atoms with van der Waals surface area (Å²) in [6, 6.07) is 3.33. The van der Waals surface area contributed by atoms with Crippen molar-refractivity contribution in [1.29, 1.82) is 0 Å². The summed E-state index contributed by atoms with van der Waals surface area (Å²) in [5.74, 6) is -1.77. The van der Waals surface area contributed by atoms with Crippen LogP contribution in [-0.2, 0) is 11.2 Å². The Bertz CT molecular complexity index is 421. The van der Waals surface area contributed by atoms with Crippen LogP contribution in [0.25, 0.3) is 0 Å². The number of carboxylic acids is 1. The van der Waals surface area contributed by atoms with E-state index in [2.05, 4.69) is 0 Å². The highest BCUT2D eigenvalue weighted by Crippen LogP contribution is 2.24. The van der Waals surface area contributed by atoms with Crippen LogP contribution in [0.4, 0.5) is 4.39 Å². The molecule has 0 heterocycles. The summed E-state index contributed by atoms with van der Waals surface area (Å²) >= 11 is 0. The molecule has 1 aromatic carbocycles. The minimum absolute atomic E-state index is 0.0505. The third kappa shape index (κ3) is 3.76. The third-order valence-electron chi connectivity index (χ3n) is 2.55. The topological polar surface area (TPSA) is 98.0 Å². The number of rotatable bonds is 6. The lowest BCUT2D eigenvalue weighted by Gasteiger charge is -2.19. The molecule has 2 atom stereocenters. The number of halogens is 1. The molecule has 4 N–H and O–H groups in total. The Hall–Kier alpha value is -1.50. The summed E-state index contributed by atoms with van der Waals surface area (Å²) in [6.45, 7) is -0.312. The maximum absolute atomic E-state index is 13.0. The Balaban J connectivity index is 3.02. The van der Waals surface area contributed by atoms with E-state index in [4.69, 9.17) is 10.2 Å². The predicted octanol–water partition coefficient (Wildman–Crippen LogP) is 0.230. The van der Waals surface area contributed by atoms with Gasteiger partial charge in [-0.05, 0) is 29.7 Å². The minimum atomic E-state index is -1.35. The van der Waals surface area contributed by atoms with Crippen molar-refractivity contribution in [2.24, 2.45) is 0 Å². The molecule has 0 fully saturated rings. The van der Waals surface area contributed by atoms with Crippen LogP contribution in [0, 0.1) is 5.82 Å². The van der Waals surface area contributed by atoms with Gasteiger partial charge in [-0.3, -0.25) is 4.79 Å². The summed E-state index contributed by atoms with van der Waals surface area (Å²) in [5.41, 5.74) is 0.256. The molecule has 100 valence electrons. The zero-order valence-corrected chi connectivity index (χ0v) is 9.58. The molecule has 0 saturated carbocycles. The number of carboxylic acid groups (broad SMARTS) is 1. The molecule has 6 heteroatoms. The molecule has 0 saturated heterocycles. The maximum Gasteiger partial charge on any atom is 0.307 e. The first-order valence-corrected chi connectivity index (χ1v) is 5.42. The van der Waals surface area contributed by atoms with Crippen LogP contribution in [0.1, 0.15) is 23.7 Å². The summed E-state index contributed by atoms with van der Waals surface area (Å²) < 4.78 is 13.0. The van der Waals surface area contributed by atoms with Crippen LogP contribution < -0.4 is 0 Å². The fourth-order valence-electron chi connectivity index (χ4n) is 1.68. The molecule has 1 rings (SSSR count). The largest absolute Gasteiger partial charge is 0.481 e. The van der Waals surface area contributed by atoms with E-state index >= 15 is 0 Å². The van der Waals surface area contributed by atoms with E-state index in [0.29, 0.717) is 0 Å². The molecule has 0 spiro atoms. The van der Waals surface area contributed by atoms with Crippen molar-refractivity contribution < 1.29 is 29.6 Å². The number of carbonyl (C=O) groups is 1. The molecule has 5 nitrogen and oxygen atoms in total. The van der Waals surface area contributed by atoms with E-state index in [1.807, 2.05) is 0 Å². The van der Waals surface area contributed by atoms with Crippen LogP contribution in [0.3, 0.4) is 0 Å². The number of benzene rings is 1. The quantitative estimate of drug-likeness (QED) is 0.585. The van der Waals surface area contributed by atoms with Gasteiger partial charge in [-0.15, -0.1) is 0 Å². The summed E-state index contributed by atoms with van der Waals surface area (Å²) in [7, 11) is 0. The molecule has 0 aliphatic carbocycles. The maximum atomic E-state index is 13.0. The first-order chi connectivity index (χ1) is 8.45. The van der Waals surface area contributed by atoms with Gasteiger partial charge in [0.25, 0.3) is 0 Å². The average molecular weight is 258 g/mol. The second-order valence-electron chi connectivity index (χ2n) is 3.94. The Kier molecular flexibility index (Phi) is 5.21. The number of aliphatic hydroxyl groups is 3. The van der Waals surface area contributed by atoms with Gasteiger partial charge < -0.3 is 20.4 Å². The summed E-state index contributed by atoms with van der Waals surface area (Å²) in [4.78, 5) is 10.6. The van der Waals surface area contributed by atoms with Crippen molar-refractivity contribution in [3.05, 3.63) is 35.1 Å². The standard InChI is InChI=1S/C12H15FO5/c13-8-1-2-9(7(5-8)6-11(16)17)12(18)10(15)3-4-14/h1-2,5,10,12,14-15,18H,3-4,6H2,(H,16,17). The van der Waals surface area contributed by atoms with Gasteiger partial charge in [0.05, 0.1) is 12.5 Å². The highest BCUT2D eigenvalue weighted by molar-refractivity contribution is 5.70. The van der Waals surface area contributed by atoms with Crippen molar-refractivity contribution in [1.82, 2.24) is 0 Å². The normalized spacial score (nSPS) is 14.2. The molecule has 18 heavy (non-hydrogen) atoms. The molecule has 0 radical (unpaired) electrons. The lowest BCUT2D eigenvalue weighted by atomic mass is 9.95. The monoisotopic (exact) mass is 258 g/mol. The van der Waals surface area contributed by atoms with Gasteiger partial charge >= 0.3 is 5.97 Å². The molecule has 1 aromatic rings. The van der Waals surface area contributed by atoms with Gasteiger partial charge in [0, 0.05) is 6.61 Å². The molecule has 2 unspecified atom stereocenters. The first kappa shape index (κ1) is 14.6. The number of aliphatic carboxylic acids is 1. The Morgan fingerprint density at radius 3 is 2.56 bits per heavy atom. The molecule has 0 amide bonds. The van der Waals surface area contributed by atoms with E-state index in [1.54, 1.807) is 0 Å². The molecular formula is C12H15FO5. The SMILES string of the molecule is O=C(O)Cc1cc(F)ccc1C(O)C(O)CCO. The first-order valence-electron chi connectivity index (χ1n) is 5.42. The van der Waals surface area contributed by atoms with Gasteiger partial charge in [-0.25, -0.2) is 4.39 Å².